The lowest BCUT2D eigenvalue weighted by molar-refractivity contribution is 0.0933. The van der Waals surface area contributed by atoms with Gasteiger partial charge in [-0.2, -0.15) is 0 Å². The number of amides is 2. The van der Waals surface area contributed by atoms with Crippen LogP contribution in [0.2, 0.25) is 0 Å². The molecule has 1 fully saturated rings. The Morgan fingerprint density at radius 3 is 2.48 bits per heavy atom. The number of fused-ring (bicyclic) bond motifs is 1. The fourth-order valence-corrected chi connectivity index (χ4v) is 3.78. The minimum atomic E-state index is -0.368. The lowest BCUT2D eigenvalue weighted by atomic mass is 10.1. The van der Waals surface area contributed by atoms with Gasteiger partial charge in [-0.3, -0.25) is 19.6 Å². The molecule has 2 amide bonds. The van der Waals surface area contributed by atoms with Crippen molar-refractivity contribution < 1.29 is 9.59 Å². The third-order valence-corrected chi connectivity index (χ3v) is 5.33. The predicted octanol–water partition coefficient (Wildman–Crippen LogP) is 4.33. The van der Waals surface area contributed by atoms with Gasteiger partial charge in [0, 0.05) is 29.4 Å². The van der Waals surface area contributed by atoms with Gasteiger partial charge in [0.25, 0.3) is 11.8 Å². The number of para-hydroxylation sites is 1. The molecule has 0 saturated heterocycles. The van der Waals surface area contributed by atoms with E-state index in [1.165, 1.54) is 19.0 Å². The maximum absolute atomic E-state index is 12.7. The largest absolute Gasteiger partial charge is 0.349 e. The fraction of sp³-hybridized carbons (Fsp3) is 0.304. The predicted molar refractivity (Wildman–Crippen MR) is 113 cm³/mol. The van der Waals surface area contributed by atoms with E-state index in [1.807, 2.05) is 24.3 Å². The van der Waals surface area contributed by atoms with E-state index in [9.17, 15) is 9.59 Å². The summed E-state index contributed by atoms with van der Waals surface area (Å²) < 4.78 is 0. The highest BCUT2D eigenvalue weighted by atomic mass is 16.2. The van der Waals surface area contributed by atoms with E-state index in [0.717, 1.165) is 31.1 Å². The van der Waals surface area contributed by atoms with Gasteiger partial charge in [0.1, 0.15) is 5.69 Å². The highest BCUT2D eigenvalue weighted by molar-refractivity contribution is 6.08. The number of hydrogen-bond donors (Lipinski definition) is 2. The number of benzene rings is 1. The summed E-state index contributed by atoms with van der Waals surface area (Å²) in [6.07, 6.45) is 9.97. The lowest BCUT2D eigenvalue weighted by Gasteiger charge is -2.16. The Hall–Kier alpha value is -3.28. The monoisotopic (exact) mass is 388 g/mol. The molecule has 1 aliphatic carbocycles. The molecule has 2 heterocycles. The van der Waals surface area contributed by atoms with Gasteiger partial charge >= 0.3 is 0 Å². The van der Waals surface area contributed by atoms with Crippen molar-refractivity contribution in [1.82, 2.24) is 15.3 Å². The summed E-state index contributed by atoms with van der Waals surface area (Å²) in [5.74, 6) is -0.521. The second-order valence-electron chi connectivity index (χ2n) is 7.43. The van der Waals surface area contributed by atoms with Gasteiger partial charge in [0.2, 0.25) is 0 Å². The molecule has 3 aromatic rings. The Morgan fingerprint density at radius 2 is 1.66 bits per heavy atom. The third-order valence-electron chi connectivity index (χ3n) is 5.33. The van der Waals surface area contributed by atoms with Crippen molar-refractivity contribution in [2.24, 2.45) is 0 Å². The normalized spacial score (nSPS) is 14.9. The van der Waals surface area contributed by atoms with Crippen LogP contribution in [0.4, 0.5) is 5.69 Å². The van der Waals surface area contributed by atoms with Crippen LogP contribution in [0.15, 0.2) is 54.9 Å². The summed E-state index contributed by atoms with van der Waals surface area (Å²) in [6, 6.07) is 12.8. The van der Waals surface area contributed by atoms with E-state index in [0.29, 0.717) is 16.8 Å². The van der Waals surface area contributed by atoms with Crippen LogP contribution in [0.3, 0.4) is 0 Å². The molecule has 1 aromatic carbocycles. The lowest BCUT2D eigenvalue weighted by Crippen LogP contribution is -2.34. The van der Waals surface area contributed by atoms with Crippen molar-refractivity contribution in [2.75, 3.05) is 5.32 Å². The van der Waals surface area contributed by atoms with Crippen molar-refractivity contribution in [3.05, 3.63) is 66.1 Å². The summed E-state index contributed by atoms with van der Waals surface area (Å²) >= 11 is 0. The molecule has 1 aliphatic rings. The fourth-order valence-electron chi connectivity index (χ4n) is 3.78. The number of rotatable bonds is 4. The van der Waals surface area contributed by atoms with E-state index in [2.05, 4.69) is 20.6 Å². The van der Waals surface area contributed by atoms with Crippen molar-refractivity contribution >= 4 is 28.4 Å². The molecular formula is C23H24N4O2. The maximum atomic E-state index is 12.7. The molecule has 1 saturated carbocycles. The molecule has 148 valence electrons. The van der Waals surface area contributed by atoms with Gasteiger partial charge in [-0.25, -0.2) is 0 Å². The Kier molecular flexibility index (Phi) is 5.79. The average molecular weight is 388 g/mol. The molecule has 0 bridgehead atoms. The molecule has 0 spiro atoms. The summed E-state index contributed by atoms with van der Waals surface area (Å²) in [6.45, 7) is 0. The van der Waals surface area contributed by atoms with Crippen molar-refractivity contribution in [2.45, 2.75) is 44.6 Å². The molecule has 6 heteroatoms. The molecule has 4 rings (SSSR count). The smallest absolute Gasteiger partial charge is 0.274 e. The van der Waals surface area contributed by atoms with Crippen LogP contribution in [-0.4, -0.2) is 27.8 Å². The molecule has 0 aliphatic heterocycles. The minimum Gasteiger partial charge on any atom is -0.349 e. The van der Waals surface area contributed by atoms with Crippen LogP contribution >= 0.6 is 0 Å². The van der Waals surface area contributed by atoms with E-state index >= 15 is 0 Å². The first-order chi connectivity index (χ1) is 14.2. The van der Waals surface area contributed by atoms with E-state index in [4.69, 9.17) is 0 Å². The standard InChI is InChI=1S/C23H24N4O2/c28-22(26-18-9-3-1-2-4-10-18)17-12-14-24-20(15-17)23(29)27-19-11-5-7-16-8-6-13-25-21(16)19/h5-8,11-15,18H,1-4,9-10H2,(H,26,28)(H,27,29). The van der Waals surface area contributed by atoms with E-state index in [1.54, 1.807) is 24.4 Å². The average Bonchev–Trinajstić information content (AvgIpc) is 3.03. The van der Waals surface area contributed by atoms with Crippen LogP contribution in [0.1, 0.15) is 59.4 Å². The van der Waals surface area contributed by atoms with Gasteiger partial charge in [0.15, 0.2) is 0 Å². The SMILES string of the molecule is O=C(NC1CCCCCC1)c1ccnc(C(=O)Nc2cccc3cccnc23)c1. The van der Waals surface area contributed by atoms with Gasteiger partial charge < -0.3 is 10.6 Å². The zero-order chi connectivity index (χ0) is 20.1. The second kappa shape index (κ2) is 8.82. The summed E-state index contributed by atoms with van der Waals surface area (Å²) in [5, 5.41) is 6.91. The first-order valence-electron chi connectivity index (χ1n) is 10.1. The molecule has 0 atom stereocenters. The maximum Gasteiger partial charge on any atom is 0.274 e. The Labute approximate surface area is 169 Å². The van der Waals surface area contributed by atoms with Crippen LogP contribution in [0.25, 0.3) is 10.9 Å². The van der Waals surface area contributed by atoms with Crippen molar-refractivity contribution in [3.8, 4) is 0 Å². The van der Waals surface area contributed by atoms with Crippen molar-refractivity contribution in [1.29, 1.82) is 0 Å². The highest BCUT2D eigenvalue weighted by Gasteiger charge is 2.17. The zero-order valence-corrected chi connectivity index (χ0v) is 16.2. The summed E-state index contributed by atoms with van der Waals surface area (Å²) in [5.41, 5.74) is 1.98. The minimum absolute atomic E-state index is 0.153. The number of nitrogens with zero attached hydrogens (tertiary/aromatic N) is 2. The van der Waals surface area contributed by atoms with Crippen LogP contribution in [0.5, 0.6) is 0 Å². The van der Waals surface area contributed by atoms with Gasteiger partial charge in [-0.05, 0) is 37.1 Å². The number of carbonyl (C=O) groups is 2. The van der Waals surface area contributed by atoms with Crippen LogP contribution in [-0.2, 0) is 0 Å². The quantitative estimate of drug-likeness (QED) is 0.652. The number of nitrogens with one attached hydrogen (secondary N) is 2. The van der Waals surface area contributed by atoms with Crippen molar-refractivity contribution in [3.63, 3.8) is 0 Å². The number of aromatic nitrogens is 2. The second-order valence-corrected chi connectivity index (χ2v) is 7.43. The number of carbonyl (C=O) groups excluding carboxylic acids is 2. The van der Waals surface area contributed by atoms with Gasteiger partial charge in [-0.15, -0.1) is 0 Å². The molecular weight excluding hydrogens is 364 g/mol. The topological polar surface area (TPSA) is 84.0 Å². The molecule has 2 N–H and O–H groups in total. The van der Waals surface area contributed by atoms with Gasteiger partial charge in [-0.1, -0.05) is 43.9 Å². The van der Waals surface area contributed by atoms with Crippen LogP contribution < -0.4 is 10.6 Å². The Morgan fingerprint density at radius 1 is 0.862 bits per heavy atom. The number of anilines is 1. The van der Waals surface area contributed by atoms with E-state index < -0.39 is 0 Å². The molecule has 29 heavy (non-hydrogen) atoms. The first-order valence-corrected chi connectivity index (χ1v) is 10.1. The highest BCUT2D eigenvalue weighted by Crippen LogP contribution is 2.21. The van der Waals surface area contributed by atoms with Gasteiger partial charge in [0.05, 0.1) is 11.2 Å². The Balaban J connectivity index is 1.49. The summed E-state index contributed by atoms with van der Waals surface area (Å²) in [4.78, 5) is 33.9. The Bertz CT molecular complexity index is 1020. The molecule has 2 aromatic heterocycles. The molecule has 6 nitrogen and oxygen atoms in total. The first kappa shape index (κ1) is 19.1. The summed E-state index contributed by atoms with van der Waals surface area (Å²) in [7, 11) is 0. The molecule has 0 unspecified atom stereocenters. The number of pyridine rings is 2. The van der Waals surface area contributed by atoms with Crippen LogP contribution in [0, 0.1) is 0 Å². The number of hydrogen-bond acceptors (Lipinski definition) is 4. The van der Waals surface area contributed by atoms with E-state index in [-0.39, 0.29) is 23.6 Å². The third kappa shape index (κ3) is 4.59. The molecule has 0 radical (unpaired) electrons. The zero-order valence-electron chi connectivity index (χ0n) is 16.2.